The molecule has 1 aromatic carbocycles. The molecular formula is C11H12BrN3O. The number of nitrogens with zero attached hydrogens (tertiary/aromatic N) is 2. The summed E-state index contributed by atoms with van der Waals surface area (Å²) in [4.78, 5) is 4.26. The van der Waals surface area contributed by atoms with Gasteiger partial charge in [-0.05, 0) is 37.6 Å². The van der Waals surface area contributed by atoms with Gasteiger partial charge in [-0.25, -0.2) is 0 Å². The monoisotopic (exact) mass is 281 g/mol. The minimum Gasteiger partial charge on any atom is -0.338 e. The second kappa shape index (κ2) is 4.65. The third-order valence-corrected chi connectivity index (χ3v) is 2.68. The van der Waals surface area contributed by atoms with E-state index in [1.807, 2.05) is 32.0 Å². The van der Waals surface area contributed by atoms with Gasteiger partial charge < -0.3 is 9.84 Å². The summed E-state index contributed by atoms with van der Waals surface area (Å²) in [5.41, 5.74) is 2.09. The number of halogens is 1. The quantitative estimate of drug-likeness (QED) is 0.939. The highest BCUT2D eigenvalue weighted by molar-refractivity contribution is 9.10. The Morgan fingerprint density at radius 1 is 1.44 bits per heavy atom. The summed E-state index contributed by atoms with van der Waals surface area (Å²) >= 11 is 3.42. The lowest BCUT2D eigenvalue weighted by atomic mass is 10.1. The van der Waals surface area contributed by atoms with Crippen LogP contribution in [0.4, 0.5) is 6.01 Å². The molecule has 1 N–H and O–H groups in total. The fourth-order valence-electron chi connectivity index (χ4n) is 1.43. The van der Waals surface area contributed by atoms with Gasteiger partial charge in [-0.3, -0.25) is 0 Å². The van der Waals surface area contributed by atoms with E-state index in [4.69, 9.17) is 4.52 Å². The number of rotatable bonds is 3. The van der Waals surface area contributed by atoms with Crippen molar-refractivity contribution in [2.75, 3.05) is 11.9 Å². The first-order valence-electron chi connectivity index (χ1n) is 5.05. The van der Waals surface area contributed by atoms with Crippen LogP contribution in [0.1, 0.15) is 12.5 Å². The van der Waals surface area contributed by atoms with Gasteiger partial charge in [-0.2, -0.15) is 4.98 Å². The van der Waals surface area contributed by atoms with E-state index >= 15 is 0 Å². The van der Waals surface area contributed by atoms with Gasteiger partial charge in [0.2, 0.25) is 5.82 Å². The van der Waals surface area contributed by atoms with Crippen molar-refractivity contribution in [3.8, 4) is 11.4 Å². The highest BCUT2D eigenvalue weighted by atomic mass is 79.9. The lowest BCUT2D eigenvalue weighted by Gasteiger charge is -2.00. The number of hydrogen-bond donors (Lipinski definition) is 1. The van der Waals surface area contributed by atoms with Gasteiger partial charge in [0.1, 0.15) is 0 Å². The first-order valence-corrected chi connectivity index (χ1v) is 5.84. The smallest absolute Gasteiger partial charge is 0.321 e. The molecule has 84 valence electrons. The Balaban J connectivity index is 2.35. The Morgan fingerprint density at radius 3 is 2.94 bits per heavy atom. The molecule has 0 fully saturated rings. The highest BCUT2D eigenvalue weighted by Gasteiger charge is 2.10. The molecule has 5 heteroatoms. The summed E-state index contributed by atoms with van der Waals surface area (Å²) < 4.78 is 6.11. The Hall–Kier alpha value is -1.36. The molecular weight excluding hydrogens is 270 g/mol. The lowest BCUT2D eigenvalue weighted by Crippen LogP contribution is -1.96. The number of aryl methyl sites for hydroxylation is 1. The van der Waals surface area contributed by atoms with Crippen molar-refractivity contribution < 1.29 is 4.52 Å². The van der Waals surface area contributed by atoms with Crippen LogP contribution in [-0.2, 0) is 0 Å². The molecule has 4 nitrogen and oxygen atoms in total. The van der Waals surface area contributed by atoms with E-state index in [1.54, 1.807) is 0 Å². The molecule has 0 aliphatic heterocycles. The Morgan fingerprint density at radius 2 is 2.25 bits per heavy atom. The largest absolute Gasteiger partial charge is 0.338 e. The number of aromatic nitrogens is 2. The highest BCUT2D eigenvalue weighted by Crippen LogP contribution is 2.24. The average Bonchev–Trinajstić information content (AvgIpc) is 2.67. The van der Waals surface area contributed by atoms with Crippen molar-refractivity contribution in [3.63, 3.8) is 0 Å². The van der Waals surface area contributed by atoms with Gasteiger partial charge in [-0.15, -0.1) is 0 Å². The minimum atomic E-state index is 0.458. The molecule has 1 heterocycles. The van der Waals surface area contributed by atoms with E-state index in [0.717, 1.165) is 22.1 Å². The number of hydrogen-bond acceptors (Lipinski definition) is 4. The summed E-state index contributed by atoms with van der Waals surface area (Å²) in [7, 11) is 0. The van der Waals surface area contributed by atoms with Gasteiger partial charge in [-0.1, -0.05) is 21.1 Å². The summed E-state index contributed by atoms with van der Waals surface area (Å²) in [6.07, 6.45) is 0. The molecule has 16 heavy (non-hydrogen) atoms. The van der Waals surface area contributed by atoms with Crippen molar-refractivity contribution in [2.24, 2.45) is 0 Å². The SMILES string of the molecule is CCNc1nc(-c2ccc(Br)cc2C)no1. The van der Waals surface area contributed by atoms with Gasteiger partial charge in [0.25, 0.3) is 0 Å². The van der Waals surface area contributed by atoms with Crippen LogP contribution in [-0.4, -0.2) is 16.7 Å². The first-order chi connectivity index (χ1) is 7.70. The van der Waals surface area contributed by atoms with Crippen LogP contribution in [0, 0.1) is 6.92 Å². The summed E-state index contributed by atoms with van der Waals surface area (Å²) in [5.74, 6) is 0.612. The number of nitrogens with one attached hydrogen (secondary N) is 1. The maximum atomic E-state index is 5.06. The Labute approximate surface area is 102 Å². The van der Waals surface area contributed by atoms with Gasteiger partial charge in [0.05, 0.1) is 0 Å². The van der Waals surface area contributed by atoms with E-state index in [2.05, 4.69) is 31.4 Å². The fraction of sp³-hybridized carbons (Fsp3) is 0.273. The van der Waals surface area contributed by atoms with Gasteiger partial charge in [0.15, 0.2) is 0 Å². The molecule has 2 rings (SSSR count). The van der Waals surface area contributed by atoms with Crippen molar-refractivity contribution in [3.05, 3.63) is 28.2 Å². The minimum absolute atomic E-state index is 0.458. The molecule has 0 spiro atoms. The van der Waals surface area contributed by atoms with Crippen LogP contribution >= 0.6 is 15.9 Å². The van der Waals surface area contributed by atoms with E-state index in [0.29, 0.717) is 11.8 Å². The predicted octanol–water partition coefficient (Wildman–Crippen LogP) is 3.24. The standard InChI is InChI=1S/C11H12BrN3O/c1-3-13-11-14-10(15-16-11)9-5-4-8(12)6-7(9)2/h4-6H,3H2,1-2H3,(H,13,14,15). The zero-order chi connectivity index (χ0) is 11.5. The fourth-order valence-corrected chi connectivity index (χ4v) is 1.91. The summed E-state index contributed by atoms with van der Waals surface area (Å²) in [6, 6.07) is 6.42. The van der Waals surface area contributed by atoms with Crippen LogP contribution in [0.3, 0.4) is 0 Å². The lowest BCUT2D eigenvalue weighted by molar-refractivity contribution is 0.432. The van der Waals surface area contributed by atoms with Crippen LogP contribution in [0.15, 0.2) is 27.2 Å². The van der Waals surface area contributed by atoms with Crippen LogP contribution in [0.5, 0.6) is 0 Å². The van der Waals surface area contributed by atoms with Crippen LogP contribution < -0.4 is 5.32 Å². The molecule has 0 radical (unpaired) electrons. The third-order valence-electron chi connectivity index (χ3n) is 2.18. The normalized spacial score (nSPS) is 10.4. The van der Waals surface area contributed by atoms with E-state index < -0.39 is 0 Å². The molecule has 0 unspecified atom stereocenters. The van der Waals surface area contributed by atoms with Crippen molar-refractivity contribution >= 4 is 21.9 Å². The number of benzene rings is 1. The maximum Gasteiger partial charge on any atom is 0.321 e. The number of anilines is 1. The maximum absolute atomic E-state index is 5.06. The topological polar surface area (TPSA) is 51.0 Å². The van der Waals surface area contributed by atoms with Crippen molar-refractivity contribution in [2.45, 2.75) is 13.8 Å². The molecule has 2 aromatic rings. The summed E-state index contributed by atoms with van der Waals surface area (Å²) in [5, 5.41) is 6.91. The molecule has 0 bridgehead atoms. The molecule has 0 atom stereocenters. The van der Waals surface area contributed by atoms with Crippen molar-refractivity contribution in [1.82, 2.24) is 10.1 Å². The molecule has 0 aliphatic carbocycles. The average molecular weight is 282 g/mol. The van der Waals surface area contributed by atoms with Crippen LogP contribution in [0.2, 0.25) is 0 Å². The van der Waals surface area contributed by atoms with Crippen LogP contribution in [0.25, 0.3) is 11.4 Å². The zero-order valence-electron chi connectivity index (χ0n) is 9.12. The van der Waals surface area contributed by atoms with Crippen molar-refractivity contribution in [1.29, 1.82) is 0 Å². The summed E-state index contributed by atoms with van der Waals surface area (Å²) in [6.45, 7) is 4.76. The second-order valence-electron chi connectivity index (χ2n) is 3.41. The molecule has 0 aliphatic rings. The first kappa shape index (κ1) is 11.1. The van der Waals surface area contributed by atoms with Gasteiger partial charge in [0, 0.05) is 16.6 Å². The Bertz CT molecular complexity index is 496. The van der Waals surface area contributed by atoms with E-state index in [1.165, 1.54) is 0 Å². The molecule has 0 saturated heterocycles. The molecule has 0 amide bonds. The predicted molar refractivity (Wildman–Crippen MR) is 66.3 cm³/mol. The second-order valence-corrected chi connectivity index (χ2v) is 4.33. The van der Waals surface area contributed by atoms with E-state index in [-0.39, 0.29) is 0 Å². The van der Waals surface area contributed by atoms with E-state index in [9.17, 15) is 0 Å². The molecule has 0 saturated carbocycles. The zero-order valence-corrected chi connectivity index (χ0v) is 10.7. The molecule has 1 aromatic heterocycles. The Kier molecular flexibility index (Phi) is 3.24. The van der Waals surface area contributed by atoms with Gasteiger partial charge >= 0.3 is 6.01 Å². The third kappa shape index (κ3) is 2.24.